The normalized spacial score (nSPS) is 11.7. The Kier molecular flexibility index (Phi) is 5.87. The number of nitrogens with one attached hydrogen (secondary N) is 2. The Hall–Kier alpha value is -2.47. The lowest BCUT2D eigenvalue weighted by Crippen LogP contribution is -2.38. The molecule has 4 nitrogen and oxygen atoms in total. The van der Waals surface area contributed by atoms with Crippen LogP contribution < -0.4 is 10.6 Å². The van der Waals surface area contributed by atoms with E-state index in [1.54, 1.807) is 25.1 Å². The van der Waals surface area contributed by atoms with E-state index in [1.807, 2.05) is 6.07 Å². The van der Waals surface area contributed by atoms with E-state index in [0.717, 1.165) is 17.7 Å². The van der Waals surface area contributed by atoms with E-state index in [9.17, 15) is 18.4 Å². The highest BCUT2D eigenvalue weighted by molar-refractivity contribution is 6.30. The highest BCUT2D eigenvalue weighted by Crippen LogP contribution is 2.17. The molecule has 0 saturated heterocycles. The Balaban J connectivity index is 1.89. The molecule has 2 aromatic carbocycles. The van der Waals surface area contributed by atoms with Crippen LogP contribution in [-0.4, -0.2) is 18.4 Å². The van der Waals surface area contributed by atoms with Crippen LogP contribution in [0.15, 0.2) is 42.5 Å². The number of amides is 2. The Labute approximate surface area is 142 Å². The molecule has 0 radical (unpaired) electrons. The van der Waals surface area contributed by atoms with Gasteiger partial charge in [-0.15, -0.1) is 0 Å². The van der Waals surface area contributed by atoms with Crippen LogP contribution in [0.4, 0.5) is 8.78 Å². The second-order valence-corrected chi connectivity index (χ2v) is 5.59. The molecule has 126 valence electrons. The zero-order valence-corrected chi connectivity index (χ0v) is 13.5. The number of hydrogen-bond acceptors (Lipinski definition) is 2. The zero-order valence-electron chi connectivity index (χ0n) is 12.8. The number of halogens is 3. The summed E-state index contributed by atoms with van der Waals surface area (Å²) < 4.78 is 26.3. The van der Waals surface area contributed by atoms with E-state index >= 15 is 0 Å². The maximum absolute atomic E-state index is 13.5. The standard InChI is InChI=1S/C17H15ClF2N2O2/c1-10(11-3-2-4-12(18)7-11)22-16(23)9-21-17(24)14-6-5-13(19)8-15(14)20/h2-8,10H,9H2,1H3,(H,21,24)(H,22,23). The molecule has 2 N–H and O–H groups in total. The lowest BCUT2D eigenvalue weighted by atomic mass is 10.1. The van der Waals surface area contributed by atoms with Gasteiger partial charge in [-0.2, -0.15) is 0 Å². The van der Waals surface area contributed by atoms with Crippen molar-refractivity contribution in [3.63, 3.8) is 0 Å². The van der Waals surface area contributed by atoms with Crippen molar-refractivity contribution in [3.05, 3.63) is 70.2 Å². The first-order valence-corrected chi connectivity index (χ1v) is 7.52. The van der Waals surface area contributed by atoms with Gasteiger partial charge >= 0.3 is 0 Å². The number of hydrogen-bond donors (Lipinski definition) is 2. The summed E-state index contributed by atoms with van der Waals surface area (Å²) in [5.74, 6) is -3.01. The fourth-order valence-corrected chi connectivity index (χ4v) is 2.28. The van der Waals surface area contributed by atoms with E-state index in [2.05, 4.69) is 10.6 Å². The number of carbonyl (C=O) groups is 2. The molecule has 0 aliphatic rings. The fourth-order valence-electron chi connectivity index (χ4n) is 2.08. The van der Waals surface area contributed by atoms with Crippen molar-refractivity contribution in [1.82, 2.24) is 10.6 Å². The molecule has 0 aliphatic heterocycles. The zero-order chi connectivity index (χ0) is 17.7. The average Bonchev–Trinajstić information content (AvgIpc) is 2.52. The topological polar surface area (TPSA) is 58.2 Å². The maximum Gasteiger partial charge on any atom is 0.254 e. The Morgan fingerprint density at radius 1 is 1.17 bits per heavy atom. The van der Waals surface area contributed by atoms with Gasteiger partial charge in [-0.05, 0) is 36.8 Å². The van der Waals surface area contributed by atoms with E-state index in [1.165, 1.54) is 0 Å². The highest BCUT2D eigenvalue weighted by atomic mass is 35.5. The summed E-state index contributed by atoms with van der Waals surface area (Å²) in [6.07, 6.45) is 0. The molecule has 0 heterocycles. The largest absolute Gasteiger partial charge is 0.348 e. The van der Waals surface area contributed by atoms with Crippen LogP contribution in [0.5, 0.6) is 0 Å². The molecule has 0 saturated carbocycles. The lowest BCUT2D eigenvalue weighted by molar-refractivity contribution is -0.120. The van der Waals surface area contributed by atoms with Crippen LogP contribution in [0.25, 0.3) is 0 Å². The van der Waals surface area contributed by atoms with Crippen molar-refractivity contribution in [2.75, 3.05) is 6.54 Å². The smallest absolute Gasteiger partial charge is 0.254 e. The van der Waals surface area contributed by atoms with Gasteiger partial charge in [-0.3, -0.25) is 9.59 Å². The third-order valence-electron chi connectivity index (χ3n) is 3.31. The molecule has 0 fully saturated rings. The van der Waals surface area contributed by atoms with Crippen molar-refractivity contribution in [3.8, 4) is 0 Å². The molecule has 0 aromatic heterocycles. The molecule has 7 heteroatoms. The summed E-state index contributed by atoms with van der Waals surface area (Å²) >= 11 is 5.89. The lowest BCUT2D eigenvalue weighted by Gasteiger charge is -2.15. The maximum atomic E-state index is 13.5. The Bertz CT molecular complexity index is 768. The van der Waals surface area contributed by atoms with Gasteiger partial charge < -0.3 is 10.6 Å². The van der Waals surface area contributed by atoms with Crippen LogP contribution in [0, 0.1) is 11.6 Å². The second kappa shape index (κ2) is 7.88. The van der Waals surface area contributed by atoms with Crippen LogP contribution >= 0.6 is 11.6 Å². The van der Waals surface area contributed by atoms with Crippen molar-refractivity contribution in [2.45, 2.75) is 13.0 Å². The fraction of sp³-hybridized carbons (Fsp3) is 0.176. The summed E-state index contributed by atoms with van der Waals surface area (Å²) in [6.45, 7) is 1.44. The minimum atomic E-state index is -0.986. The van der Waals surface area contributed by atoms with E-state index < -0.39 is 23.4 Å². The van der Waals surface area contributed by atoms with Crippen molar-refractivity contribution >= 4 is 23.4 Å². The van der Waals surface area contributed by atoms with Crippen molar-refractivity contribution in [1.29, 1.82) is 0 Å². The van der Waals surface area contributed by atoms with Gasteiger partial charge in [0.1, 0.15) is 11.6 Å². The van der Waals surface area contributed by atoms with Crippen LogP contribution in [0.2, 0.25) is 5.02 Å². The first kappa shape index (κ1) is 17.9. The predicted molar refractivity (Wildman–Crippen MR) is 86.7 cm³/mol. The minimum Gasteiger partial charge on any atom is -0.348 e. The summed E-state index contributed by atoms with van der Waals surface area (Å²) in [6, 6.07) is 9.30. The highest BCUT2D eigenvalue weighted by Gasteiger charge is 2.15. The van der Waals surface area contributed by atoms with Crippen molar-refractivity contribution < 1.29 is 18.4 Å². The molecule has 1 unspecified atom stereocenters. The van der Waals surface area contributed by atoms with Crippen LogP contribution in [0.3, 0.4) is 0 Å². The molecule has 2 amide bonds. The summed E-state index contributed by atoms with van der Waals surface area (Å²) in [7, 11) is 0. The molecule has 1 atom stereocenters. The van der Waals surface area contributed by atoms with Gasteiger partial charge in [-0.1, -0.05) is 23.7 Å². The number of benzene rings is 2. The molecule has 0 bridgehead atoms. The number of carbonyl (C=O) groups excluding carboxylic acids is 2. The average molecular weight is 353 g/mol. The summed E-state index contributed by atoms with van der Waals surface area (Å²) in [5.41, 5.74) is 0.485. The van der Waals surface area contributed by atoms with E-state index in [0.29, 0.717) is 11.1 Å². The number of rotatable bonds is 5. The monoisotopic (exact) mass is 352 g/mol. The van der Waals surface area contributed by atoms with Crippen molar-refractivity contribution in [2.24, 2.45) is 0 Å². The molecule has 0 aliphatic carbocycles. The van der Waals surface area contributed by atoms with Gasteiger partial charge in [-0.25, -0.2) is 8.78 Å². The van der Waals surface area contributed by atoms with Gasteiger partial charge in [0.05, 0.1) is 18.2 Å². The molecular formula is C17H15ClF2N2O2. The first-order valence-electron chi connectivity index (χ1n) is 7.15. The van der Waals surface area contributed by atoms with Crippen LogP contribution in [0.1, 0.15) is 28.9 Å². The van der Waals surface area contributed by atoms with E-state index in [-0.39, 0.29) is 18.2 Å². The Morgan fingerprint density at radius 3 is 2.58 bits per heavy atom. The third kappa shape index (κ3) is 4.76. The van der Waals surface area contributed by atoms with Gasteiger partial charge in [0, 0.05) is 11.1 Å². The van der Waals surface area contributed by atoms with Gasteiger partial charge in [0.25, 0.3) is 5.91 Å². The molecule has 2 rings (SSSR count). The molecule has 2 aromatic rings. The van der Waals surface area contributed by atoms with Crippen LogP contribution in [-0.2, 0) is 4.79 Å². The molecule has 0 spiro atoms. The third-order valence-corrected chi connectivity index (χ3v) is 3.55. The second-order valence-electron chi connectivity index (χ2n) is 5.15. The summed E-state index contributed by atoms with van der Waals surface area (Å²) in [5, 5.41) is 5.53. The Morgan fingerprint density at radius 2 is 1.92 bits per heavy atom. The quantitative estimate of drug-likeness (QED) is 0.868. The van der Waals surface area contributed by atoms with Gasteiger partial charge in [0.15, 0.2) is 0 Å². The van der Waals surface area contributed by atoms with Gasteiger partial charge in [0.2, 0.25) is 5.91 Å². The first-order chi connectivity index (χ1) is 11.4. The molecular weight excluding hydrogens is 338 g/mol. The van der Waals surface area contributed by atoms with E-state index in [4.69, 9.17) is 11.6 Å². The molecule has 24 heavy (non-hydrogen) atoms. The minimum absolute atomic E-state index is 0.310. The summed E-state index contributed by atoms with van der Waals surface area (Å²) in [4.78, 5) is 23.7. The SMILES string of the molecule is CC(NC(=O)CNC(=O)c1ccc(F)cc1F)c1cccc(Cl)c1. The predicted octanol–water partition coefficient (Wildman–Crippen LogP) is 3.23.